The molecular formula is C19H15F3N4O3. The van der Waals surface area contributed by atoms with Crippen LogP contribution in [0.1, 0.15) is 34.7 Å². The van der Waals surface area contributed by atoms with Crippen LogP contribution in [-0.4, -0.2) is 27.1 Å². The van der Waals surface area contributed by atoms with E-state index in [0.29, 0.717) is 11.9 Å². The Morgan fingerprint density at radius 2 is 2.07 bits per heavy atom. The van der Waals surface area contributed by atoms with Gasteiger partial charge in [-0.15, -0.1) is 0 Å². The van der Waals surface area contributed by atoms with Gasteiger partial charge in [-0.3, -0.25) is 0 Å². The molecule has 0 bridgehead atoms. The zero-order valence-corrected chi connectivity index (χ0v) is 14.9. The molecule has 0 unspecified atom stereocenters. The van der Waals surface area contributed by atoms with Crippen molar-refractivity contribution >= 4 is 11.8 Å². The standard InChI is InChI=1S/C19H15F3N4O3/c20-19(21,22)13-3-1-2-11(8-13)17-25-16(29-26-17)10-28-18(27)12-4-7-15(23-9-12)24-14-5-6-14/h1-4,7-9,14H,5-6,10H2,(H,23,24). The normalized spacial score (nSPS) is 13.9. The lowest BCUT2D eigenvalue weighted by molar-refractivity contribution is -0.137. The van der Waals surface area contributed by atoms with E-state index in [2.05, 4.69) is 20.4 Å². The number of aromatic nitrogens is 3. The summed E-state index contributed by atoms with van der Waals surface area (Å²) in [6.07, 6.45) is -0.860. The van der Waals surface area contributed by atoms with Crippen LogP contribution in [0.2, 0.25) is 0 Å². The minimum absolute atomic E-state index is 0.0284. The van der Waals surface area contributed by atoms with Crippen LogP contribution < -0.4 is 5.32 Å². The highest BCUT2D eigenvalue weighted by Crippen LogP contribution is 2.31. The van der Waals surface area contributed by atoms with Gasteiger partial charge in [0.1, 0.15) is 5.82 Å². The molecule has 1 aliphatic rings. The fraction of sp³-hybridized carbons (Fsp3) is 0.263. The summed E-state index contributed by atoms with van der Waals surface area (Å²) in [6.45, 7) is -0.313. The van der Waals surface area contributed by atoms with Crippen molar-refractivity contribution in [1.29, 1.82) is 0 Å². The number of carbonyl (C=O) groups excluding carboxylic acids is 1. The Balaban J connectivity index is 1.37. The number of halogens is 3. The van der Waals surface area contributed by atoms with Crippen LogP contribution in [0, 0.1) is 0 Å². The number of hydrogen-bond donors (Lipinski definition) is 1. The Labute approximate surface area is 162 Å². The monoisotopic (exact) mass is 404 g/mol. The first-order valence-corrected chi connectivity index (χ1v) is 8.78. The largest absolute Gasteiger partial charge is 0.452 e. The molecule has 1 N–H and O–H groups in total. The fourth-order valence-electron chi connectivity index (χ4n) is 2.51. The maximum absolute atomic E-state index is 12.8. The Morgan fingerprint density at radius 1 is 1.24 bits per heavy atom. The number of rotatable bonds is 6. The molecule has 0 aliphatic heterocycles. The topological polar surface area (TPSA) is 90.1 Å². The van der Waals surface area contributed by atoms with Crippen LogP contribution in [0.15, 0.2) is 47.1 Å². The van der Waals surface area contributed by atoms with Gasteiger partial charge in [-0.2, -0.15) is 18.2 Å². The average Bonchev–Trinajstić information content (AvgIpc) is 3.39. The molecule has 7 nitrogen and oxygen atoms in total. The third-order valence-corrected chi connectivity index (χ3v) is 4.17. The molecule has 1 fully saturated rings. The molecule has 2 aromatic heterocycles. The fourth-order valence-corrected chi connectivity index (χ4v) is 2.51. The highest BCUT2D eigenvalue weighted by molar-refractivity contribution is 5.89. The van der Waals surface area contributed by atoms with Crippen molar-refractivity contribution in [3.63, 3.8) is 0 Å². The maximum atomic E-state index is 12.8. The molecule has 2 heterocycles. The van der Waals surface area contributed by atoms with Gasteiger partial charge in [-0.05, 0) is 37.1 Å². The Bertz CT molecular complexity index is 1010. The van der Waals surface area contributed by atoms with Crippen LogP contribution in [0.5, 0.6) is 0 Å². The number of nitrogens with one attached hydrogen (secondary N) is 1. The zero-order valence-electron chi connectivity index (χ0n) is 14.9. The van der Waals surface area contributed by atoms with Crippen LogP contribution >= 0.6 is 0 Å². The van der Waals surface area contributed by atoms with Crippen molar-refractivity contribution in [1.82, 2.24) is 15.1 Å². The highest BCUT2D eigenvalue weighted by atomic mass is 19.4. The van der Waals surface area contributed by atoms with E-state index in [9.17, 15) is 18.0 Å². The number of hydrogen-bond acceptors (Lipinski definition) is 7. The van der Waals surface area contributed by atoms with Gasteiger partial charge in [0.15, 0.2) is 6.61 Å². The van der Waals surface area contributed by atoms with Crippen LogP contribution in [-0.2, 0) is 17.5 Å². The number of esters is 1. The number of ether oxygens (including phenoxy) is 1. The number of carbonyl (C=O) groups is 1. The molecule has 1 saturated carbocycles. The number of pyridine rings is 1. The van der Waals surface area contributed by atoms with E-state index in [-0.39, 0.29) is 29.4 Å². The van der Waals surface area contributed by atoms with Gasteiger partial charge in [0.2, 0.25) is 5.82 Å². The van der Waals surface area contributed by atoms with Gasteiger partial charge in [-0.1, -0.05) is 17.3 Å². The summed E-state index contributed by atoms with van der Waals surface area (Å²) in [4.78, 5) is 20.2. The second-order valence-electron chi connectivity index (χ2n) is 6.52. The SMILES string of the molecule is O=C(OCc1nc(-c2cccc(C(F)(F)F)c2)no1)c1ccc(NC2CC2)nc1. The first-order chi connectivity index (χ1) is 13.9. The Hall–Kier alpha value is -3.43. The lowest BCUT2D eigenvalue weighted by Crippen LogP contribution is -2.08. The van der Waals surface area contributed by atoms with E-state index in [1.165, 1.54) is 18.3 Å². The number of anilines is 1. The molecule has 3 aromatic rings. The van der Waals surface area contributed by atoms with Crippen molar-refractivity contribution in [3.05, 3.63) is 59.6 Å². The third kappa shape index (κ3) is 4.71. The van der Waals surface area contributed by atoms with Gasteiger partial charge in [0.05, 0.1) is 11.1 Å². The van der Waals surface area contributed by atoms with Crippen LogP contribution in [0.25, 0.3) is 11.4 Å². The first kappa shape index (κ1) is 18.9. The van der Waals surface area contributed by atoms with Gasteiger partial charge >= 0.3 is 12.1 Å². The lowest BCUT2D eigenvalue weighted by atomic mass is 10.1. The molecule has 1 aromatic carbocycles. The average molecular weight is 404 g/mol. The van der Waals surface area contributed by atoms with E-state index in [1.54, 1.807) is 12.1 Å². The number of nitrogens with zero attached hydrogens (tertiary/aromatic N) is 3. The quantitative estimate of drug-likeness (QED) is 0.619. The maximum Gasteiger partial charge on any atom is 0.416 e. The van der Waals surface area contributed by atoms with Crippen molar-refractivity contribution in [2.75, 3.05) is 5.32 Å². The second-order valence-corrected chi connectivity index (χ2v) is 6.52. The molecule has 0 saturated heterocycles. The molecule has 150 valence electrons. The summed E-state index contributed by atoms with van der Waals surface area (Å²) in [5.41, 5.74) is -0.423. The van der Waals surface area contributed by atoms with Crippen molar-refractivity contribution in [2.24, 2.45) is 0 Å². The summed E-state index contributed by atoms with van der Waals surface area (Å²) < 4.78 is 48.5. The summed E-state index contributed by atoms with van der Waals surface area (Å²) in [5.74, 6) is -0.00830. The Kier molecular flexibility index (Phi) is 4.91. The van der Waals surface area contributed by atoms with E-state index in [1.807, 2.05) is 0 Å². The predicted molar refractivity (Wildman–Crippen MR) is 94.7 cm³/mol. The molecule has 0 spiro atoms. The number of benzene rings is 1. The van der Waals surface area contributed by atoms with Gasteiger partial charge < -0.3 is 14.6 Å². The lowest BCUT2D eigenvalue weighted by Gasteiger charge is -2.06. The van der Waals surface area contributed by atoms with Gasteiger partial charge in [0, 0.05) is 17.8 Å². The second kappa shape index (κ2) is 7.53. The van der Waals surface area contributed by atoms with Gasteiger partial charge in [0.25, 0.3) is 5.89 Å². The molecular weight excluding hydrogens is 389 g/mol. The van der Waals surface area contributed by atoms with E-state index < -0.39 is 17.7 Å². The van der Waals surface area contributed by atoms with E-state index in [4.69, 9.17) is 9.26 Å². The smallest absolute Gasteiger partial charge is 0.416 e. The Morgan fingerprint density at radius 3 is 2.76 bits per heavy atom. The highest BCUT2D eigenvalue weighted by Gasteiger charge is 2.30. The zero-order chi connectivity index (χ0) is 20.4. The summed E-state index contributed by atoms with van der Waals surface area (Å²) in [6, 6.07) is 8.27. The summed E-state index contributed by atoms with van der Waals surface area (Å²) in [7, 11) is 0. The first-order valence-electron chi connectivity index (χ1n) is 8.78. The van der Waals surface area contributed by atoms with Crippen LogP contribution in [0.4, 0.5) is 19.0 Å². The molecule has 29 heavy (non-hydrogen) atoms. The summed E-state index contributed by atoms with van der Waals surface area (Å²) >= 11 is 0. The van der Waals surface area contributed by atoms with Gasteiger partial charge in [-0.25, -0.2) is 9.78 Å². The number of alkyl halides is 3. The predicted octanol–water partition coefficient (Wildman–Crippen LogP) is 4.08. The van der Waals surface area contributed by atoms with Crippen molar-refractivity contribution < 1.29 is 27.2 Å². The minimum Gasteiger partial charge on any atom is -0.452 e. The van der Waals surface area contributed by atoms with Crippen LogP contribution in [0.3, 0.4) is 0 Å². The molecule has 4 rings (SSSR count). The van der Waals surface area contributed by atoms with Crippen molar-refractivity contribution in [2.45, 2.75) is 31.7 Å². The summed E-state index contributed by atoms with van der Waals surface area (Å²) in [5, 5.41) is 6.84. The van der Waals surface area contributed by atoms with E-state index >= 15 is 0 Å². The molecule has 10 heteroatoms. The third-order valence-electron chi connectivity index (χ3n) is 4.17. The molecule has 1 aliphatic carbocycles. The minimum atomic E-state index is -4.48. The van der Waals surface area contributed by atoms with Crippen molar-refractivity contribution in [3.8, 4) is 11.4 Å². The molecule has 0 atom stereocenters. The molecule has 0 radical (unpaired) electrons. The molecule has 0 amide bonds. The van der Waals surface area contributed by atoms with E-state index in [0.717, 1.165) is 25.0 Å².